The van der Waals surface area contributed by atoms with Crippen LogP contribution in [0.15, 0.2) is 78.9 Å². The lowest BCUT2D eigenvalue weighted by Gasteiger charge is -2.24. The van der Waals surface area contributed by atoms with E-state index in [1.165, 1.54) is 7.11 Å². The number of carbonyl (C=O) groups is 1. The number of allylic oxidation sites excluding steroid dienone is 1. The number of hydrogen-bond acceptors (Lipinski definition) is 6. The zero-order valence-corrected chi connectivity index (χ0v) is 19.8. The van der Waals surface area contributed by atoms with E-state index in [-0.39, 0.29) is 17.9 Å². The Labute approximate surface area is 207 Å². The third-order valence-corrected chi connectivity index (χ3v) is 5.89. The molecule has 0 saturated heterocycles. The van der Waals surface area contributed by atoms with Crippen molar-refractivity contribution in [3.05, 3.63) is 101 Å². The Morgan fingerprint density at radius 1 is 1.00 bits per heavy atom. The van der Waals surface area contributed by atoms with Gasteiger partial charge in [0.2, 0.25) is 5.95 Å². The van der Waals surface area contributed by atoms with E-state index >= 15 is 0 Å². The van der Waals surface area contributed by atoms with Gasteiger partial charge in [-0.25, -0.2) is 4.68 Å². The van der Waals surface area contributed by atoms with E-state index in [2.05, 4.69) is 26.8 Å². The average molecular weight is 488 g/mol. The van der Waals surface area contributed by atoms with Crippen molar-refractivity contribution >= 4 is 35.1 Å². The highest BCUT2D eigenvalue weighted by atomic mass is 35.5. The van der Waals surface area contributed by atoms with Crippen LogP contribution in [0.2, 0.25) is 5.02 Å². The first-order valence-corrected chi connectivity index (χ1v) is 11.2. The van der Waals surface area contributed by atoms with E-state index in [0.717, 1.165) is 16.8 Å². The molecule has 2 heterocycles. The maximum atomic E-state index is 12.9. The largest absolute Gasteiger partial charge is 0.493 e. The third kappa shape index (κ3) is 4.56. The van der Waals surface area contributed by atoms with E-state index in [1.54, 1.807) is 30.0 Å². The number of nitrogens with one attached hydrogen (secondary N) is 2. The molecule has 9 heteroatoms. The fourth-order valence-corrected chi connectivity index (χ4v) is 4.01. The molecule has 176 valence electrons. The normalized spacial score (nSPS) is 14.4. The van der Waals surface area contributed by atoms with E-state index in [0.29, 0.717) is 28.0 Å². The van der Waals surface area contributed by atoms with Gasteiger partial charge < -0.3 is 14.8 Å². The molecule has 0 spiro atoms. The van der Waals surface area contributed by atoms with Crippen molar-refractivity contribution in [3.8, 4) is 11.5 Å². The Balaban J connectivity index is 1.47. The minimum Gasteiger partial charge on any atom is -0.493 e. The van der Waals surface area contributed by atoms with Crippen LogP contribution in [-0.2, 0) is 0 Å². The zero-order chi connectivity index (χ0) is 24.4. The summed E-state index contributed by atoms with van der Waals surface area (Å²) in [7, 11) is 3.06. The Morgan fingerprint density at radius 2 is 1.74 bits per heavy atom. The molecule has 1 aromatic heterocycles. The first kappa shape index (κ1) is 22.5. The van der Waals surface area contributed by atoms with Crippen LogP contribution in [0.3, 0.4) is 0 Å². The van der Waals surface area contributed by atoms with Crippen molar-refractivity contribution in [3.63, 3.8) is 0 Å². The summed E-state index contributed by atoms with van der Waals surface area (Å²) in [6.07, 6.45) is 2.07. The number of anilines is 2. The van der Waals surface area contributed by atoms with Gasteiger partial charge in [-0.1, -0.05) is 54.1 Å². The van der Waals surface area contributed by atoms with Crippen molar-refractivity contribution in [1.29, 1.82) is 0 Å². The molecule has 3 aromatic carbocycles. The third-order valence-electron chi connectivity index (χ3n) is 5.63. The summed E-state index contributed by atoms with van der Waals surface area (Å²) in [6, 6.07) is 22.2. The molecule has 8 nitrogen and oxygen atoms in total. The van der Waals surface area contributed by atoms with Gasteiger partial charge in [-0.05, 0) is 47.5 Å². The van der Waals surface area contributed by atoms with Crippen LogP contribution in [0.5, 0.6) is 11.5 Å². The highest BCUT2D eigenvalue weighted by Gasteiger charge is 2.26. The SMILES string of the molecule is COc1ccc(C(=O)Nc2nc3n(n2)[C@H](c2ccc(Cl)cc2)C=C(c2ccccc2)N3)cc1OC. The second-order valence-electron chi connectivity index (χ2n) is 7.80. The zero-order valence-electron chi connectivity index (χ0n) is 19.0. The summed E-state index contributed by atoms with van der Waals surface area (Å²) < 4.78 is 12.3. The molecular formula is C26H22ClN5O3. The number of carbonyl (C=O) groups excluding carboxylic acids is 1. The molecule has 1 atom stereocenters. The number of halogens is 1. The highest BCUT2D eigenvalue weighted by molar-refractivity contribution is 6.30. The Hall–Kier alpha value is -4.30. The number of fused-ring (bicyclic) bond motifs is 1. The lowest BCUT2D eigenvalue weighted by atomic mass is 10.0. The summed E-state index contributed by atoms with van der Waals surface area (Å²) in [6.45, 7) is 0. The fourth-order valence-electron chi connectivity index (χ4n) is 3.88. The maximum Gasteiger partial charge on any atom is 0.258 e. The minimum atomic E-state index is -0.367. The minimum absolute atomic E-state index is 0.175. The summed E-state index contributed by atoms with van der Waals surface area (Å²) in [5.74, 6) is 1.31. The molecule has 0 unspecified atom stereocenters. The van der Waals surface area contributed by atoms with E-state index in [1.807, 2.05) is 54.6 Å². The number of amides is 1. The van der Waals surface area contributed by atoms with Crippen LogP contribution in [0.1, 0.15) is 27.5 Å². The van der Waals surface area contributed by atoms with Crippen LogP contribution in [-0.4, -0.2) is 34.9 Å². The van der Waals surface area contributed by atoms with Gasteiger partial charge in [0.15, 0.2) is 11.5 Å². The van der Waals surface area contributed by atoms with Crippen molar-refractivity contribution in [2.24, 2.45) is 0 Å². The van der Waals surface area contributed by atoms with E-state index in [9.17, 15) is 4.79 Å². The summed E-state index contributed by atoms with van der Waals surface area (Å²) >= 11 is 6.11. The number of aromatic nitrogens is 3. The second-order valence-corrected chi connectivity index (χ2v) is 8.23. The molecule has 1 aliphatic rings. The Kier molecular flexibility index (Phi) is 6.12. The van der Waals surface area contributed by atoms with Crippen LogP contribution in [0.25, 0.3) is 5.70 Å². The van der Waals surface area contributed by atoms with Gasteiger partial charge in [0, 0.05) is 16.3 Å². The lowest BCUT2D eigenvalue weighted by molar-refractivity contribution is 0.102. The van der Waals surface area contributed by atoms with Gasteiger partial charge in [0.1, 0.15) is 6.04 Å². The molecule has 2 N–H and O–H groups in total. The standard InChI is InChI=1S/C26H22ClN5O3/c1-34-22-13-10-18(14-23(22)35-2)24(33)29-25-30-26-28-20(16-6-4-3-5-7-16)15-21(32(26)31-25)17-8-11-19(27)12-9-17/h3-15,21H,1-2H3,(H2,28,29,30,31,33)/t21-/m0/s1. The van der Waals surface area contributed by atoms with Crippen LogP contribution in [0, 0.1) is 0 Å². The van der Waals surface area contributed by atoms with Crippen LogP contribution < -0.4 is 20.1 Å². The van der Waals surface area contributed by atoms with Gasteiger partial charge in [-0.15, -0.1) is 5.10 Å². The molecule has 0 saturated carbocycles. The lowest BCUT2D eigenvalue weighted by Crippen LogP contribution is -2.20. The Bertz CT molecular complexity index is 1400. The number of rotatable bonds is 6. The van der Waals surface area contributed by atoms with E-state index in [4.69, 9.17) is 21.1 Å². The molecule has 35 heavy (non-hydrogen) atoms. The molecule has 1 amide bonds. The molecule has 0 bridgehead atoms. The van der Waals surface area contributed by atoms with Gasteiger partial charge in [-0.2, -0.15) is 4.98 Å². The number of benzene rings is 3. The highest BCUT2D eigenvalue weighted by Crippen LogP contribution is 2.34. The maximum absolute atomic E-state index is 12.9. The summed E-state index contributed by atoms with van der Waals surface area (Å²) in [4.78, 5) is 17.5. The molecule has 0 radical (unpaired) electrons. The molecule has 0 aliphatic carbocycles. The number of hydrogen-bond donors (Lipinski definition) is 2. The number of nitrogens with zero attached hydrogens (tertiary/aromatic N) is 3. The molecule has 0 fully saturated rings. The van der Waals surface area contributed by atoms with Crippen LogP contribution in [0.4, 0.5) is 11.9 Å². The van der Waals surface area contributed by atoms with Gasteiger partial charge in [-0.3, -0.25) is 10.1 Å². The molecule has 5 rings (SSSR count). The molecule has 1 aliphatic heterocycles. The summed E-state index contributed by atoms with van der Waals surface area (Å²) in [5.41, 5.74) is 3.27. The first-order chi connectivity index (χ1) is 17.1. The van der Waals surface area contributed by atoms with Crippen molar-refractivity contribution in [1.82, 2.24) is 14.8 Å². The van der Waals surface area contributed by atoms with Crippen molar-refractivity contribution < 1.29 is 14.3 Å². The number of ether oxygens (including phenoxy) is 2. The average Bonchev–Trinajstić information content (AvgIpc) is 3.31. The number of methoxy groups -OCH3 is 2. The molecular weight excluding hydrogens is 466 g/mol. The monoisotopic (exact) mass is 487 g/mol. The topological polar surface area (TPSA) is 90.3 Å². The van der Waals surface area contributed by atoms with Crippen LogP contribution >= 0.6 is 11.6 Å². The second kappa shape index (κ2) is 9.52. The van der Waals surface area contributed by atoms with E-state index < -0.39 is 0 Å². The predicted octanol–water partition coefficient (Wildman–Crippen LogP) is 5.26. The van der Waals surface area contributed by atoms with Gasteiger partial charge in [0.25, 0.3) is 11.9 Å². The first-order valence-electron chi connectivity index (χ1n) is 10.9. The Morgan fingerprint density at radius 3 is 2.46 bits per heavy atom. The van der Waals surface area contributed by atoms with Crippen molar-refractivity contribution in [2.45, 2.75) is 6.04 Å². The summed E-state index contributed by atoms with van der Waals surface area (Å²) in [5, 5.41) is 11.3. The predicted molar refractivity (Wildman–Crippen MR) is 135 cm³/mol. The fraction of sp³-hybridized carbons (Fsp3) is 0.115. The quantitative estimate of drug-likeness (QED) is 0.385. The smallest absolute Gasteiger partial charge is 0.258 e. The molecule has 4 aromatic rings. The van der Waals surface area contributed by atoms with Crippen molar-refractivity contribution in [2.75, 3.05) is 24.9 Å². The van der Waals surface area contributed by atoms with Gasteiger partial charge in [0.05, 0.1) is 14.2 Å². The van der Waals surface area contributed by atoms with Gasteiger partial charge >= 0.3 is 0 Å².